The van der Waals surface area contributed by atoms with Crippen LogP contribution in [0.5, 0.6) is 5.75 Å². The van der Waals surface area contributed by atoms with E-state index in [1.54, 1.807) is 31.2 Å². The van der Waals surface area contributed by atoms with Crippen molar-refractivity contribution in [2.24, 2.45) is 0 Å². The van der Waals surface area contributed by atoms with Crippen molar-refractivity contribution in [3.8, 4) is 22.8 Å². The standard InChI is InChI=1S/C26H27F5N4O7/c1-14-19(37-2)20(38-3)21(39-4)23(40-14)41-24(36)33-16-7-5-15(6-8-16)22-32-13-35(34-22)17-9-11-18(12-10-17)42-26(30,31)25(27,28)29/h5-14,19-21,23H,1-4H3,(H,33,36)/t14-,19-,20+,21+,23-/m0/s1. The number of methoxy groups -OCH3 is 3. The number of carbonyl (C=O) groups excluding carboxylic acids is 1. The maximum absolute atomic E-state index is 13.1. The van der Waals surface area contributed by atoms with Crippen LogP contribution in [-0.2, 0) is 23.7 Å². The molecule has 228 valence electrons. The van der Waals surface area contributed by atoms with Crippen LogP contribution in [0.25, 0.3) is 17.1 Å². The van der Waals surface area contributed by atoms with E-state index in [1.165, 1.54) is 44.5 Å². The molecule has 0 aliphatic carbocycles. The van der Waals surface area contributed by atoms with Crippen LogP contribution in [0.2, 0.25) is 0 Å². The van der Waals surface area contributed by atoms with Crippen molar-refractivity contribution in [3.05, 3.63) is 54.9 Å². The second-order valence-corrected chi connectivity index (χ2v) is 9.04. The molecule has 11 nitrogen and oxygen atoms in total. The number of rotatable bonds is 9. The van der Waals surface area contributed by atoms with Gasteiger partial charge in [0.1, 0.15) is 30.4 Å². The maximum Gasteiger partial charge on any atom is 0.499 e. The minimum absolute atomic E-state index is 0.277. The minimum atomic E-state index is -5.85. The highest BCUT2D eigenvalue weighted by Crippen LogP contribution is 2.37. The molecular weight excluding hydrogens is 575 g/mol. The van der Waals surface area contributed by atoms with E-state index in [0.717, 1.165) is 12.1 Å². The van der Waals surface area contributed by atoms with Crippen molar-refractivity contribution >= 4 is 11.8 Å². The molecule has 16 heteroatoms. The number of aromatic nitrogens is 3. The molecule has 0 spiro atoms. The van der Waals surface area contributed by atoms with E-state index in [4.69, 9.17) is 23.7 Å². The molecule has 42 heavy (non-hydrogen) atoms. The number of nitrogens with zero attached hydrogens (tertiary/aromatic N) is 3. The predicted octanol–water partition coefficient (Wildman–Crippen LogP) is 4.81. The van der Waals surface area contributed by atoms with Gasteiger partial charge in [0, 0.05) is 32.6 Å². The number of halogens is 5. The summed E-state index contributed by atoms with van der Waals surface area (Å²) in [6, 6.07) is 10.8. The number of nitrogens with one attached hydrogen (secondary N) is 1. The summed E-state index contributed by atoms with van der Waals surface area (Å²) in [6.07, 6.45) is -13.9. The normalized spacial score (nSPS) is 22.9. The van der Waals surface area contributed by atoms with Gasteiger partial charge in [0.25, 0.3) is 0 Å². The Morgan fingerprint density at radius 1 is 0.905 bits per heavy atom. The van der Waals surface area contributed by atoms with Crippen LogP contribution < -0.4 is 10.1 Å². The summed E-state index contributed by atoms with van der Waals surface area (Å²) in [5, 5.41) is 6.88. The number of carbonyl (C=O) groups is 1. The van der Waals surface area contributed by atoms with Gasteiger partial charge in [-0.2, -0.15) is 22.0 Å². The first-order chi connectivity index (χ1) is 19.9. The summed E-state index contributed by atoms with van der Waals surface area (Å²) in [5.41, 5.74) is 1.29. The van der Waals surface area contributed by atoms with Gasteiger partial charge in [0.2, 0.25) is 6.29 Å². The molecule has 1 N–H and O–H groups in total. The summed E-state index contributed by atoms with van der Waals surface area (Å²) >= 11 is 0. The molecule has 1 fully saturated rings. The highest BCUT2D eigenvalue weighted by molar-refractivity contribution is 5.85. The monoisotopic (exact) mass is 602 g/mol. The summed E-state index contributed by atoms with van der Waals surface area (Å²) in [6.45, 7) is 1.76. The quantitative estimate of drug-likeness (QED) is 0.345. The molecule has 2 heterocycles. The SMILES string of the molecule is CO[C@@H]1[C@@H](OC)[C@H](C)O[C@@H](OC(=O)Nc2ccc(-c3ncn(-c4ccc(OC(F)(F)C(F)(F)F)cc4)n3)cc2)[C@@H]1OC. The Hall–Kier alpha value is -3.86. The zero-order valence-electron chi connectivity index (χ0n) is 22.7. The van der Waals surface area contributed by atoms with Gasteiger partial charge in [-0.05, 0) is 55.5 Å². The van der Waals surface area contributed by atoms with Crippen molar-refractivity contribution in [2.45, 2.75) is 49.9 Å². The van der Waals surface area contributed by atoms with Gasteiger partial charge >= 0.3 is 18.4 Å². The summed E-state index contributed by atoms with van der Waals surface area (Å²) < 4.78 is 96.0. The summed E-state index contributed by atoms with van der Waals surface area (Å²) in [7, 11) is 4.45. The molecule has 5 atom stereocenters. The average molecular weight is 603 g/mol. The van der Waals surface area contributed by atoms with Crippen LogP contribution in [-0.4, -0.2) is 85.2 Å². The third-order valence-corrected chi connectivity index (χ3v) is 6.33. The molecule has 1 amide bonds. The molecule has 1 saturated heterocycles. The molecule has 1 aromatic heterocycles. The Kier molecular flexibility index (Phi) is 9.30. The second kappa shape index (κ2) is 12.6. The molecule has 0 bridgehead atoms. The lowest BCUT2D eigenvalue weighted by atomic mass is 9.99. The molecule has 0 radical (unpaired) electrons. The lowest BCUT2D eigenvalue weighted by Gasteiger charge is -2.43. The fourth-order valence-electron chi connectivity index (χ4n) is 4.26. The van der Waals surface area contributed by atoms with Crippen molar-refractivity contribution < 1.29 is 55.2 Å². The lowest BCUT2D eigenvalue weighted by molar-refractivity contribution is -0.360. The highest BCUT2D eigenvalue weighted by atomic mass is 19.4. The van der Waals surface area contributed by atoms with Gasteiger partial charge in [-0.15, -0.1) is 5.10 Å². The fraction of sp³-hybridized carbons (Fsp3) is 0.423. The molecule has 0 unspecified atom stereocenters. The van der Waals surface area contributed by atoms with Gasteiger partial charge in [-0.25, -0.2) is 14.5 Å². The molecule has 3 aromatic rings. The van der Waals surface area contributed by atoms with Gasteiger partial charge in [-0.3, -0.25) is 5.32 Å². The van der Waals surface area contributed by atoms with E-state index < -0.39 is 54.8 Å². The highest BCUT2D eigenvalue weighted by Gasteiger charge is 2.61. The van der Waals surface area contributed by atoms with E-state index in [0.29, 0.717) is 16.9 Å². The van der Waals surface area contributed by atoms with E-state index in [1.807, 2.05) is 0 Å². The largest absolute Gasteiger partial charge is 0.499 e. The first-order valence-corrected chi connectivity index (χ1v) is 12.3. The Balaban J connectivity index is 1.37. The number of alkyl halides is 5. The van der Waals surface area contributed by atoms with Crippen LogP contribution in [0.15, 0.2) is 54.9 Å². The first-order valence-electron chi connectivity index (χ1n) is 12.3. The molecular formula is C26H27F5N4O7. The molecule has 2 aromatic carbocycles. The summed E-state index contributed by atoms with van der Waals surface area (Å²) in [5.74, 6) is -0.401. The number of anilines is 1. The van der Waals surface area contributed by atoms with Gasteiger partial charge in [0.15, 0.2) is 5.82 Å². The Morgan fingerprint density at radius 3 is 2.10 bits per heavy atom. The van der Waals surface area contributed by atoms with E-state index >= 15 is 0 Å². The van der Waals surface area contributed by atoms with E-state index in [9.17, 15) is 26.7 Å². The lowest BCUT2D eigenvalue weighted by Crippen LogP contribution is -2.59. The molecule has 1 aliphatic rings. The number of ether oxygens (including phenoxy) is 6. The van der Waals surface area contributed by atoms with Gasteiger partial charge in [-0.1, -0.05) is 0 Å². The fourth-order valence-corrected chi connectivity index (χ4v) is 4.26. The average Bonchev–Trinajstić information content (AvgIpc) is 3.43. The summed E-state index contributed by atoms with van der Waals surface area (Å²) in [4.78, 5) is 16.8. The molecule has 1 aliphatic heterocycles. The van der Waals surface area contributed by atoms with Crippen molar-refractivity contribution in [1.29, 1.82) is 0 Å². The van der Waals surface area contributed by atoms with Crippen molar-refractivity contribution in [3.63, 3.8) is 0 Å². The van der Waals surface area contributed by atoms with Crippen LogP contribution in [0.4, 0.5) is 32.4 Å². The third-order valence-electron chi connectivity index (χ3n) is 6.33. The number of amides is 1. The smallest absolute Gasteiger partial charge is 0.426 e. The van der Waals surface area contributed by atoms with E-state index in [2.05, 4.69) is 20.1 Å². The maximum atomic E-state index is 13.1. The van der Waals surface area contributed by atoms with Crippen LogP contribution in [0.3, 0.4) is 0 Å². The molecule has 4 rings (SSSR count). The minimum Gasteiger partial charge on any atom is -0.426 e. The number of hydrogen-bond acceptors (Lipinski definition) is 9. The zero-order valence-corrected chi connectivity index (χ0v) is 22.7. The Labute approximate surface area is 236 Å². The molecule has 0 saturated carbocycles. The topological polar surface area (TPSA) is 115 Å². The second-order valence-electron chi connectivity index (χ2n) is 9.04. The van der Waals surface area contributed by atoms with E-state index in [-0.39, 0.29) is 5.82 Å². The van der Waals surface area contributed by atoms with Crippen LogP contribution >= 0.6 is 0 Å². The van der Waals surface area contributed by atoms with Crippen molar-refractivity contribution in [2.75, 3.05) is 26.6 Å². The van der Waals surface area contributed by atoms with Gasteiger partial charge < -0.3 is 28.4 Å². The van der Waals surface area contributed by atoms with Crippen LogP contribution in [0, 0.1) is 0 Å². The van der Waals surface area contributed by atoms with Crippen molar-refractivity contribution in [1.82, 2.24) is 14.8 Å². The first kappa shape index (κ1) is 31.1. The predicted molar refractivity (Wildman–Crippen MR) is 135 cm³/mol. The van der Waals surface area contributed by atoms with Crippen LogP contribution in [0.1, 0.15) is 6.92 Å². The Bertz CT molecular complexity index is 1340. The third kappa shape index (κ3) is 6.78. The zero-order chi connectivity index (χ0) is 30.7. The number of benzene rings is 2. The Morgan fingerprint density at radius 2 is 1.52 bits per heavy atom. The van der Waals surface area contributed by atoms with Gasteiger partial charge in [0.05, 0.1) is 11.8 Å². The number of hydrogen-bond donors (Lipinski definition) is 1.